The molecule has 1 aromatic heterocycles. The van der Waals surface area contributed by atoms with E-state index >= 15 is 0 Å². The first-order chi connectivity index (χ1) is 15.8. The Balaban J connectivity index is 0.00000306. The van der Waals surface area contributed by atoms with Crippen LogP contribution in [0.3, 0.4) is 0 Å². The summed E-state index contributed by atoms with van der Waals surface area (Å²) in [6.45, 7) is 7.77. The summed E-state index contributed by atoms with van der Waals surface area (Å²) in [5, 5.41) is 3.46. The van der Waals surface area contributed by atoms with E-state index in [4.69, 9.17) is 9.73 Å². The van der Waals surface area contributed by atoms with Gasteiger partial charge in [-0.25, -0.2) is 9.98 Å². The summed E-state index contributed by atoms with van der Waals surface area (Å²) < 4.78 is 8.16. The molecule has 0 aliphatic carbocycles. The number of likely N-dealkylation sites (tertiary alicyclic amines) is 1. The number of imidazole rings is 1. The second kappa shape index (κ2) is 13.3. The Kier molecular flexibility index (Phi) is 10.2. The maximum Gasteiger partial charge on any atom is 0.194 e. The van der Waals surface area contributed by atoms with Crippen LogP contribution in [0.15, 0.2) is 78.0 Å². The summed E-state index contributed by atoms with van der Waals surface area (Å²) >= 11 is 0. The van der Waals surface area contributed by atoms with Crippen molar-refractivity contribution in [3.63, 3.8) is 0 Å². The lowest BCUT2D eigenvalue weighted by Gasteiger charge is -2.21. The van der Waals surface area contributed by atoms with Crippen LogP contribution < -0.4 is 5.32 Å². The smallest absolute Gasteiger partial charge is 0.194 e. The van der Waals surface area contributed by atoms with Crippen molar-refractivity contribution in [2.45, 2.75) is 33.0 Å². The van der Waals surface area contributed by atoms with Gasteiger partial charge < -0.3 is 19.5 Å². The number of guanidine groups is 1. The molecule has 2 aromatic carbocycles. The van der Waals surface area contributed by atoms with Gasteiger partial charge in [0.25, 0.3) is 0 Å². The molecule has 0 spiro atoms. The predicted molar refractivity (Wildman–Crippen MR) is 144 cm³/mol. The van der Waals surface area contributed by atoms with E-state index in [-0.39, 0.29) is 24.0 Å². The van der Waals surface area contributed by atoms with Crippen molar-refractivity contribution in [3.05, 3.63) is 90.0 Å². The Labute approximate surface area is 214 Å². The molecule has 1 atom stereocenters. The number of ether oxygens (including phenoxy) is 1. The number of nitrogens with zero attached hydrogens (tertiary/aromatic N) is 4. The van der Waals surface area contributed by atoms with Crippen LogP contribution in [0.25, 0.3) is 0 Å². The second-order valence-electron chi connectivity index (χ2n) is 8.23. The van der Waals surface area contributed by atoms with E-state index in [1.165, 1.54) is 11.1 Å². The lowest BCUT2D eigenvalue weighted by Crippen LogP contribution is -2.40. The van der Waals surface area contributed by atoms with Crippen molar-refractivity contribution in [2.75, 3.05) is 26.2 Å². The van der Waals surface area contributed by atoms with E-state index in [2.05, 4.69) is 75.2 Å². The molecule has 176 valence electrons. The number of halogens is 1. The Bertz CT molecular complexity index is 977. The fourth-order valence-corrected chi connectivity index (χ4v) is 4.07. The average molecular weight is 559 g/mol. The van der Waals surface area contributed by atoms with Crippen molar-refractivity contribution >= 4 is 29.9 Å². The van der Waals surface area contributed by atoms with Crippen LogP contribution in [0.5, 0.6) is 0 Å². The van der Waals surface area contributed by atoms with Gasteiger partial charge in [-0.05, 0) is 24.5 Å². The first kappa shape index (κ1) is 25.2. The summed E-state index contributed by atoms with van der Waals surface area (Å²) in [7, 11) is 0. The van der Waals surface area contributed by atoms with E-state index in [1.807, 2.05) is 24.5 Å². The van der Waals surface area contributed by atoms with Crippen molar-refractivity contribution in [3.8, 4) is 0 Å². The van der Waals surface area contributed by atoms with Crippen LogP contribution in [0, 0.1) is 5.92 Å². The van der Waals surface area contributed by atoms with Crippen molar-refractivity contribution in [1.82, 2.24) is 19.8 Å². The zero-order chi connectivity index (χ0) is 22.0. The monoisotopic (exact) mass is 559 g/mol. The van der Waals surface area contributed by atoms with Crippen LogP contribution >= 0.6 is 24.0 Å². The van der Waals surface area contributed by atoms with Crippen LogP contribution in [0.2, 0.25) is 0 Å². The van der Waals surface area contributed by atoms with Gasteiger partial charge in [-0.3, -0.25) is 0 Å². The van der Waals surface area contributed by atoms with E-state index in [1.54, 1.807) is 0 Å². The van der Waals surface area contributed by atoms with Crippen LogP contribution in [0.4, 0.5) is 0 Å². The third kappa shape index (κ3) is 7.57. The first-order valence-corrected chi connectivity index (χ1v) is 11.5. The highest BCUT2D eigenvalue weighted by molar-refractivity contribution is 14.0. The topological polar surface area (TPSA) is 54.7 Å². The van der Waals surface area contributed by atoms with Gasteiger partial charge in [0, 0.05) is 44.5 Å². The highest BCUT2D eigenvalue weighted by atomic mass is 127. The second-order valence-corrected chi connectivity index (χ2v) is 8.23. The Morgan fingerprint density at radius 1 is 1.09 bits per heavy atom. The molecule has 1 saturated heterocycles. The number of rotatable bonds is 9. The first-order valence-electron chi connectivity index (χ1n) is 11.5. The molecule has 1 unspecified atom stereocenters. The average Bonchev–Trinajstić information content (AvgIpc) is 3.48. The van der Waals surface area contributed by atoms with Gasteiger partial charge in [-0.2, -0.15) is 0 Å². The number of hydrogen-bond donors (Lipinski definition) is 1. The molecule has 6 nitrogen and oxygen atoms in total. The molecule has 2 heterocycles. The maximum absolute atomic E-state index is 5.98. The molecule has 0 radical (unpaired) electrons. The summed E-state index contributed by atoms with van der Waals surface area (Å²) in [6.07, 6.45) is 5.01. The van der Waals surface area contributed by atoms with Crippen LogP contribution in [-0.4, -0.2) is 46.7 Å². The van der Waals surface area contributed by atoms with Crippen LogP contribution in [-0.2, 0) is 24.4 Å². The SMILES string of the molecule is CCNC(=NCc1nccn1Cc1ccccc1)N1CCC(COCc2ccccc2)C1.I. The minimum atomic E-state index is 0. The van der Waals surface area contributed by atoms with Gasteiger partial charge in [0.2, 0.25) is 0 Å². The molecule has 0 saturated carbocycles. The maximum atomic E-state index is 5.98. The van der Waals surface area contributed by atoms with E-state index in [9.17, 15) is 0 Å². The standard InChI is InChI=1S/C26H33N5O.HI/c1-2-27-26(29-17-25-28-14-16-30(25)18-22-9-5-3-6-10-22)31-15-13-24(19-31)21-32-20-23-11-7-4-8-12-23;/h3-12,14,16,24H,2,13,15,17-21H2,1H3,(H,27,29);1H. The van der Waals surface area contributed by atoms with Crippen molar-refractivity contribution < 1.29 is 4.74 Å². The van der Waals surface area contributed by atoms with Crippen molar-refractivity contribution in [1.29, 1.82) is 0 Å². The molecule has 1 aliphatic heterocycles. The minimum Gasteiger partial charge on any atom is -0.376 e. The molecule has 0 bridgehead atoms. The van der Waals surface area contributed by atoms with Gasteiger partial charge in [0.1, 0.15) is 12.4 Å². The molecule has 33 heavy (non-hydrogen) atoms. The lowest BCUT2D eigenvalue weighted by molar-refractivity contribution is 0.0906. The molecule has 0 amide bonds. The normalized spacial score (nSPS) is 16.0. The number of aliphatic imine (C=N–C) groups is 1. The highest BCUT2D eigenvalue weighted by Crippen LogP contribution is 2.18. The Hall–Kier alpha value is -2.39. The van der Waals surface area contributed by atoms with Gasteiger partial charge >= 0.3 is 0 Å². The Morgan fingerprint density at radius 3 is 2.55 bits per heavy atom. The highest BCUT2D eigenvalue weighted by Gasteiger charge is 2.25. The molecule has 1 fully saturated rings. The summed E-state index contributed by atoms with van der Waals surface area (Å²) in [4.78, 5) is 11.8. The number of hydrogen-bond acceptors (Lipinski definition) is 3. The third-order valence-electron chi connectivity index (χ3n) is 5.75. The van der Waals surface area contributed by atoms with Crippen LogP contribution in [0.1, 0.15) is 30.3 Å². The number of aromatic nitrogens is 2. The summed E-state index contributed by atoms with van der Waals surface area (Å²) in [5.74, 6) is 2.47. The van der Waals surface area contributed by atoms with Gasteiger partial charge in [-0.15, -0.1) is 24.0 Å². The van der Waals surface area contributed by atoms with Gasteiger partial charge in [0.15, 0.2) is 5.96 Å². The molecular formula is C26H34IN5O. The minimum absolute atomic E-state index is 0. The molecule has 3 aromatic rings. The molecule has 7 heteroatoms. The van der Waals surface area contributed by atoms with E-state index in [0.717, 1.165) is 51.0 Å². The fraction of sp³-hybridized carbons (Fsp3) is 0.385. The zero-order valence-electron chi connectivity index (χ0n) is 19.3. The van der Waals surface area contributed by atoms with Crippen molar-refractivity contribution in [2.24, 2.45) is 10.9 Å². The van der Waals surface area contributed by atoms with Gasteiger partial charge in [0.05, 0.1) is 13.2 Å². The fourth-order valence-electron chi connectivity index (χ4n) is 4.07. The molecule has 4 rings (SSSR count). The molecular weight excluding hydrogens is 525 g/mol. The summed E-state index contributed by atoms with van der Waals surface area (Å²) in [6, 6.07) is 20.8. The van der Waals surface area contributed by atoms with E-state index < -0.39 is 0 Å². The quantitative estimate of drug-likeness (QED) is 0.238. The Morgan fingerprint density at radius 2 is 1.82 bits per heavy atom. The number of benzene rings is 2. The number of nitrogens with one attached hydrogen (secondary N) is 1. The zero-order valence-corrected chi connectivity index (χ0v) is 21.6. The van der Waals surface area contributed by atoms with Gasteiger partial charge in [-0.1, -0.05) is 60.7 Å². The largest absolute Gasteiger partial charge is 0.376 e. The molecule has 1 N–H and O–H groups in total. The predicted octanol–water partition coefficient (Wildman–Crippen LogP) is 4.55. The molecule has 1 aliphatic rings. The summed E-state index contributed by atoms with van der Waals surface area (Å²) in [5.41, 5.74) is 2.49. The lowest BCUT2D eigenvalue weighted by atomic mass is 10.1. The third-order valence-corrected chi connectivity index (χ3v) is 5.75. The van der Waals surface area contributed by atoms with E-state index in [0.29, 0.717) is 19.1 Å².